The summed E-state index contributed by atoms with van der Waals surface area (Å²) >= 11 is 0. The van der Waals surface area contributed by atoms with Crippen molar-refractivity contribution in [1.82, 2.24) is 25.2 Å². The number of anilines is 2. The van der Waals surface area contributed by atoms with Crippen molar-refractivity contribution in [2.45, 2.75) is 25.7 Å². The highest BCUT2D eigenvalue weighted by atomic mass is 16.5. The number of methoxy groups -OCH3 is 2. The monoisotopic (exact) mass is 490 g/mol. The molecule has 0 saturated carbocycles. The molecule has 0 spiro atoms. The first kappa shape index (κ1) is 24.9. The molecule has 2 heterocycles. The van der Waals surface area contributed by atoms with E-state index in [-0.39, 0.29) is 12.3 Å². The highest BCUT2D eigenvalue weighted by Crippen LogP contribution is 2.34. The molecule has 36 heavy (non-hydrogen) atoms. The van der Waals surface area contributed by atoms with Crippen LogP contribution in [0.4, 0.5) is 11.4 Å². The maximum atomic E-state index is 11.3. The minimum atomic E-state index is -0.373. The van der Waals surface area contributed by atoms with E-state index in [9.17, 15) is 4.79 Å². The van der Waals surface area contributed by atoms with Gasteiger partial charge in [-0.25, -0.2) is 10.5 Å². The third kappa shape index (κ3) is 5.89. The number of hydrogen-bond donors (Lipinski definition) is 2. The number of hydroxylamine groups is 1. The molecule has 0 unspecified atom stereocenters. The number of amides is 1. The standard InChI is InChI=1S/C26H30N6O4/c1-31-17-18(15-28-31)25-16-27-23-9-8-19(13-24(23)29-25)32(10-6-4-5-7-26(33)30-34)20-11-21(35-2)14-22(12-20)36-3/h8-9,11-17,34H,4-7,10H2,1-3H3,(H,30,33). The highest BCUT2D eigenvalue weighted by molar-refractivity contribution is 5.82. The summed E-state index contributed by atoms with van der Waals surface area (Å²) in [6.07, 6.45) is 8.05. The predicted molar refractivity (Wildman–Crippen MR) is 137 cm³/mol. The SMILES string of the molecule is COc1cc(OC)cc(N(CCCCCC(=O)NO)c2ccc3ncc(-c4cnn(C)c4)nc3c2)c1. The molecule has 10 heteroatoms. The van der Waals surface area contributed by atoms with E-state index in [1.54, 1.807) is 36.8 Å². The Balaban J connectivity index is 1.66. The Hall–Kier alpha value is -4.18. The molecule has 2 N–H and O–H groups in total. The van der Waals surface area contributed by atoms with E-state index in [2.05, 4.69) is 15.0 Å². The number of carbonyl (C=O) groups excluding carboxylic acids is 1. The van der Waals surface area contributed by atoms with Gasteiger partial charge in [0.05, 0.1) is 43.3 Å². The summed E-state index contributed by atoms with van der Waals surface area (Å²) in [5.41, 5.74) is 6.76. The van der Waals surface area contributed by atoms with Gasteiger partial charge in [-0.15, -0.1) is 0 Å². The fourth-order valence-electron chi connectivity index (χ4n) is 4.00. The average Bonchev–Trinajstić information content (AvgIpc) is 3.35. The van der Waals surface area contributed by atoms with Crippen molar-refractivity contribution < 1.29 is 19.5 Å². The number of carbonyl (C=O) groups is 1. The van der Waals surface area contributed by atoms with E-state index in [1.807, 2.05) is 49.6 Å². The van der Waals surface area contributed by atoms with E-state index in [4.69, 9.17) is 19.7 Å². The van der Waals surface area contributed by atoms with Crippen LogP contribution in [0.3, 0.4) is 0 Å². The summed E-state index contributed by atoms with van der Waals surface area (Å²) in [6.45, 7) is 0.693. The van der Waals surface area contributed by atoms with Crippen LogP contribution >= 0.6 is 0 Å². The molecule has 0 aliphatic rings. The van der Waals surface area contributed by atoms with Gasteiger partial charge in [0.15, 0.2) is 0 Å². The first-order valence-electron chi connectivity index (χ1n) is 11.7. The Morgan fingerprint density at radius 3 is 2.44 bits per heavy atom. The average molecular weight is 491 g/mol. The summed E-state index contributed by atoms with van der Waals surface area (Å²) in [5, 5.41) is 12.9. The van der Waals surface area contributed by atoms with Crippen molar-refractivity contribution in [2.75, 3.05) is 25.7 Å². The fourth-order valence-corrected chi connectivity index (χ4v) is 4.00. The van der Waals surface area contributed by atoms with Gasteiger partial charge in [0.25, 0.3) is 0 Å². The third-order valence-corrected chi connectivity index (χ3v) is 5.90. The van der Waals surface area contributed by atoms with Crippen LogP contribution in [0, 0.1) is 0 Å². The van der Waals surface area contributed by atoms with E-state index in [0.29, 0.717) is 24.5 Å². The normalized spacial score (nSPS) is 10.9. The number of hydrogen-bond acceptors (Lipinski definition) is 8. The molecule has 2 aromatic carbocycles. The van der Waals surface area contributed by atoms with Gasteiger partial charge in [-0.05, 0) is 31.0 Å². The van der Waals surface area contributed by atoms with E-state index in [1.165, 1.54) is 0 Å². The number of rotatable bonds is 11. The molecule has 0 aliphatic carbocycles. The zero-order valence-electron chi connectivity index (χ0n) is 20.6. The summed E-state index contributed by atoms with van der Waals surface area (Å²) in [4.78, 5) is 22.9. The number of unbranched alkanes of at least 4 members (excludes halogenated alkanes) is 2. The Morgan fingerprint density at radius 2 is 1.78 bits per heavy atom. The first-order chi connectivity index (χ1) is 17.5. The number of ether oxygens (including phenoxy) is 2. The molecule has 0 fully saturated rings. The van der Waals surface area contributed by atoms with Crippen molar-refractivity contribution in [3.8, 4) is 22.8 Å². The van der Waals surface area contributed by atoms with E-state index < -0.39 is 0 Å². The zero-order valence-corrected chi connectivity index (χ0v) is 20.6. The molecule has 0 saturated heterocycles. The zero-order chi connectivity index (χ0) is 25.5. The first-order valence-corrected chi connectivity index (χ1v) is 11.7. The van der Waals surface area contributed by atoms with E-state index >= 15 is 0 Å². The molecular formula is C26H30N6O4. The van der Waals surface area contributed by atoms with Crippen molar-refractivity contribution in [2.24, 2.45) is 7.05 Å². The number of fused-ring (bicyclic) bond motifs is 1. The second-order valence-corrected chi connectivity index (χ2v) is 8.40. The second kappa shape index (κ2) is 11.5. The Kier molecular flexibility index (Phi) is 7.96. The predicted octanol–water partition coefficient (Wildman–Crippen LogP) is 4.25. The molecule has 4 rings (SSSR count). The van der Waals surface area contributed by atoms with Crippen LogP contribution < -0.4 is 19.9 Å². The van der Waals surface area contributed by atoms with E-state index in [0.717, 1.165) is 46.5 Å². The van der Waals surface area contributed by atoms with Crippen LogP contribution in [0.25, 0.3) is 22.3 Å². The van der Waals surface area contributed by atoms with Gasteiger partial charge in [-0.2, -0.15) is 5.10 Å². The minimum absolute atomic E-state index is 0.284. The van der Waals surface area contributed by atoms with Gasteiger partial charge in [-0.1, -0.05) is 6.42 Å². The lowest BCUT2D eigenvalue weighted by molar-refractivity contribution is -0.129. The van der Waals surface area contributed by atoms with Crippen LogP contribution in [-0.2, 0) is 11.8 Å². The highest BCUT2D eigenvalue weighted by Gasteiger charge is 2.15. The Labute approximate surface area is 209 Å². The third-order valence-electron chi connectivity index (χ3n) is 5.90. The van der Waals surface area contributed by atoms with Crippen LogP contribution in [0.15, 0.2) is 55.0 Å². The molecule has 1 amide bonds. The largest absolute Gasteiger partial charge is 0.497 e. The molecule has 188 valence electrons. The van der Waals surface area contributed by atoms with Crippen molar-refractivity contribution in [3.05, 3.63) is 55.0 Å². The molecule has 10 nitrogen and oxygen atoms in total. The van der Waals surface area contributed by atoms with Gasteiger partial charge in [0, 0.05) is 61.3 Å². The van der Waals surface area contributed by atoms with Crippen molar-refractivity contribution in [3.63, 3.8) is 0 Å². The molecule has 4 aromatic rings. The molecule has 0 bridgehead atoms. The smallest absolute Gasteiger partial charge is 0.243 e. The summed E-state index contributed by atoms with van der Waals surface area (Å²) in [5.74, 6) is 1.00. The topological polar surface area (TPSA) is 115 Å². The summed E-state index contributed by atoms with van der Waals surface area (Å²) < 4.78 is 12.7. The van der Waals surface area contributed by atoms with Crippen LogP contribution in [0.5, 0.6) is 11.5 Å². The van der Waals surface area contributed by atoms with Gasteiger partial charge < -0.3 is 14.4 Å². The Bertz CT molecular complexity index is 1320. The van der Waals surface area contributed by atoms with Crippen LogP contribution in [-0.4, -0.2) is 51.6 Å². The maximum Gasteiger partial charge on any atom is 0.243 e. The molecule has 0 radical (unpaired) electrons. The molecule has 0 atom stereocenters. The van der Waals surface area contributed by atoms with Gasteiger partial charge >= 0.3 is 0 Å². The summed E-state index contributed by atoms with van der Waals surface area (Å²) in [6, 6.07) is 11.8. The number of benzene rings is 2. The number of aryl methyl sites for hydroxylation is 1. The van der Waals surface area contributed by atoms with Crippen molar-refractivity contribution >= 4 is 28.3 Å². The quantitative estimate of drug-likeness (QED) is 0.182. The number of nitrogens with one attached hydrogen (secondary N) is 1. The molecule has 0 aliphatic heterocycles. The van der Waals surface area contributed by atoms with Crippen LogP contribution in [0.1, 0.15) is 25.7 Å². The summed E-state index contributed by atoms with van der Waals surface area (Å²) in [7, 11) is 5.12. The number of aromatic nitrogens is 4. The van der Waals surface area contributed by atoms with Crippen LogP contribution in [0.2, 0.25) is 0 Å². The lowest BCUT2D eigenvalue weighted by Crippen LogP contribution is -2.20. The maximum absolute atomic E-state index is 11.3. The van der Waals surface area contributed by atoms with Gasteiger partial charge in [0.1, 0.15) is 11.5 Å². The minimum Gasteiger partial charge on any atom is -0.497 e. The van der Waals surface area contributed by atoms with Gasteiger partial charge in [-0.3, -0.25) is 19.7 Å². The lowest BCUT2D eigenvalue weighted by Gasteiger charge is -2.26. The molecule has 2 aromatic heterocycles. The Morgan fingerprint density at radius 1 is 1.00 bits per heavy atom. The number of nitrogens with zero attached hydrogens (tertiary/aromatic N) is 5. The molecular weight excluding hydrogens is 460 g/mol. The lowest BCUT2D eigenvalue weighted by atomic mass is 10.1. The van der Waals surface area contributed by atoms with Gasteiger partial charge in [0.2, 0.25) is 5.91 Å². The second-order valence-electron chi connectivity index (χ2n) is 8.40. The fraction of sp³-hybridized carbons (Fsp3) is 0.308. The van der Waals surface area contributed by atoms with Crippen molar-refractivity contribution in [1.29, 1.82) is 0 Å².